The fourth-order valence-electron chi connectivity index (χ4n) is 2.13. The molecule has 6 nitrogen and oxygen atoms in total. The van der Waals surface area contributed by atoms with Crippen LogP contribution in [0.1, 0.15) is 15.9 Å². The van der Waals surface area contributed by atoms with E-state index < -0.39 is 12.0 Å². The van der Waals surface area contributed by atoms with Crippen LogP contribution in [0, 0.1) is 0 Å². The van der Waals surface area contributed by atoms with Gasteiger partial charge in [-0.25, -0.2) is 4.79 Å². The van der Waals surface area contributed by atoms with Gasteiger partial charge < -0.3 is 19.5 Å². The number of ether oxygens (including phenoxy) is 2. The summed E-state index contributed by atoms with van der Waals surface area (Å²) in [6.45, 7) is 1.15. The minimum atomic E-state index is -1.05. The summed E-state index contributed by atoms with van der Waals surface area (Å²) in [6, 6.07) is 6.05. The smallest absolute Gasteiger partial charge is 0.328 e. The van der Waals surface area contributed by atoms with E-state index in [1.807, 2.05) is 0 Å². The lowest BCUT2D eigenvalue weighted by Crippen LogP contribution is -2.52. The van der Waals surface area contributed by atoms with Gasteiger partial charge in [-0.15, -0.1) is 0 Å². The summed E-state index contributed by atoms with van der Waals surface area (Å²) in [7, 11) is 1.60. The third-order valence-electron chi connectivity index (χ3n) is 3.19. The van der Waals surface area contributed by atoms with E-state index in [-0.39, 0.29) is 19.1 Å². The van der Waals surface area contributed by atoms with E-state index in [9.17, 15) is 9.59 Å². The first kappa shape index (κ1) is 14.5. The second-order valence-electron chi connectivity index (χ2n) is 4.56. The molecule has 1 aliphatic heterocycles. The van der Waals surface area contributed by atoms with E-state index in [2.05, 4.69) is 0 Å². The summed E-state index contributed by atoms with van der Waals surface area (Å²) in [5.41, 5.74) is 1.43. The van der Waals surface area contributed by atoms with Crippen molar-refractivity contribution in [3.63, 3.8) is 0 Å². The summed E-state index contributed by atoms with van der Waals surface area (Å²) in [5.74, 6) is -1.33. The minimum absolute atomic E-state index is 0.0306. The molecule has 1 fully saturated rings. The molecule has 1 unspecified atom stereocenters. The monoisotopic (exact) mass is 279 g/mol. The molecule has 1 N–H and O–H groups in total. The lowest BCUT2D eigenvalue weighted by atomic mass is 10.1. The average molecular weight is 279 g/mol. The van der Waals surface area contributed by atoms with Crippen molar-refractivity contribution < 1.29 is 24.2 Å². The van der Waals surface area contributed by atoms with Crippen molar-refractivity contribution in [3.05, 3.63) is 35.4 Å². The molecule has 1 aromatic carbocycles. The Balaban J connectivity index is 2.14. The highest BCUT2D eigenvalue weighted by atomic mass is 16.5. The third kappa shape index (κ3) is 3.15. The molecule has 0 aromatic heterocycles. The molecule has 1 aromatic rings. The maximum atomic E-state index is 12.4. The number of hydrogen-bond donors (Lipinski definition) is 1. The van der Waals surface area contributed by atoms with Crippen LogP contribution in [0.2, 0.25) is 0 Å². The summed E-state index contributed by atoms with van der Waals surface area (Å²) < 4.78 is 10.1. The van der Waals surface area contributed by atoms with E-state index in [1.165, 1.54) is 4.90 Å². The van der Waals surface area contributed by atoms with Crippen LogP contribution in [0.5, 0.6) is 0 Å². The Morgan fingerprint density at radius 1 is 1.40 bits per heavy atom. The normalized spacial score (nSPS) is 18.9. The number of aliphatic carboxylic acids is 1. The van der Waals surface area contributed by atoms with Gasteiger partial charge in [-0.05, 0) is 17.7 Å². The van der Waals surface area contributed by atoms with Crippen LogP contribution < -0.4 is 0 Å². The lowest BCUT2D eigenvalue weighted by molar-refractivity contribution is -0.147. The largest absolute Gasteiger partial charge is 0.480 e. The van der Waals surface area contributed by atoms with Crippen molar-refractivity contribution in [2.75, 3.05) is 26.9 Å². The predicted molar refractivity (Wildman–Crippen MR) is 70.4 cm³/mol. The fraction of sp³-hybridized carbons (Fsp3) is 0.429. The highest BCUT2D eigenvalue weighted by Crippen LogP contribution is 2.14. The van der Waals surface area contributed by atoms with Gasteiger partial charge in [0.15, 0.2) is 6.04 Å². The Morgan fingerprint density at radius 2 is 2.10 bits per heavy atom. The molecule has 1 saturated heterocycles. The molecule has 0 radical (unpaired) electrons. The average Bonchev–Trinajstić information content (AvgIpc) is 2.47. The molecule has 2 rings (SSSR count). The van der Waals surface area contributed by atoms with E-state index in [1.54, 1.807) is 31.4 Å². The summed E-state index contributed by atoms with van der Waals surface area (Å²) in [6.07, 6.45) is 0. The van der Waals surface area contributed by atoms with E-state index in [0.717, 1.165) is 5.56 Å². The van der Waals surface area contributed by atoms with Gasteiger partial charge in [0.05, 0.1) is 19.8 Å². The van der Waals surface area contributed by atoms with Gasteiger partial charge in [-0.2, -0.15) is 0 Å². The van der Waals surface area contributed by atoms with Gasteiger partial charge in [0.25, 0.3) is 5.91 Å². The molecule has 108 valence electrons. The summed E-state index contributed by atoms with van der Waals surface area (Å²) >= 11 is 0. The maximum Gasteiger partial charge on any atom is 0.328 e. The van der Waals surface area contributed by atoms with E-state index >= 15 is 0 Å². The van der Waals surface area contributed by atoms with Crippen molar-refractivity contribution in [3.8, 4) is 0 Å². The van der Waals surface area contributed by atoms with Crippen molar-refractivity contribution in [1.82, 2.24) is 4.90 Å². The molecular weight excluding hydrogens is 262 g/mol. The number of carbonyl (C=O) groups excluding carboxylic acids is 1. The number of morpholine rings is 1. The molecule has 0 bridgehead atoms. The molecule has 1 amide bonds. The molecule has 0 spiro atoms. The van der Waals surface area contributed by atoms with Crippen LogP contribution in [0.25, 0.3) is 0 Å². The van der Waals surface area contributed by atoms with Gasteiger partial charge >= 0.3 is 5.97 Å². The minimum Gasteiger partial charge on any atom is -0.480 e. The molecule has 6 heteroatoms. The topological polar surface area (TPSA) is 76.1 Å². The van der Waals surface area contributed by atoms with Crippen LogP contribution in [-0.2, 0) is 20.9 Å². The number of carboxylic acid groups (broad SMARTS) is 1. The quantitative estimate of drug-likeness (QED) is 0.880. The Labute approximate surface area is 116 Å². The van der Waals surface area contributed by atoms with Gasteiger partial charge in [0.2, 0.25) is 0 Å². The predicted octanol–water partition coefficient (Wildman–Crippen LogP) is 0.759. The number of methoxy groups -OCH3 is 1. The number of hydrogen-bond acceptors (Lipinski definition) is 4. The van der Waals surface area contributed by atoms with Crippen LogP contribution in [-0.4, -0.2) is 54.8 Å². The van der Waals surface area contributed by atoms with Crippen LogP contribution >= 0.6 is 0 Å². The Bertz CT molecular complexity index is 485. The van der Waals surface area contributed by atoms with Crippen LogP contribution in [0.15, 0.2) is 24.3 Å². The zero-order valence-corrected chi connectivity index (χ0v) is 11.2. The highest BCUT2D eigenvalue weighted by Gasteiger charge is 2.33. The SMILES string of the molecule is COCc1ccc(C(=O)N2CCOCC2C(=O)O)cc1. The maximum absolute atomic E-state index is 12.4. The second kappa shape index (κ2) is 6.49. The number of carboxylic acids is 1. The van der Waals surface area contributed by atoms with Crippen molar-refractivity contribution in [2.24, 2.45) is 0 Å². The first-order valence-electron chi connectivity index (χ1n) is 6.33. The number of rotatable bonds is 4. The summed E-state index contributed by atoms with van der Waals surface area (Å²) in [4.78, 5) is 24.9. The molecule has 1 atom stereocenters. The molecule has 20 heavy (non-hydrogen) atoms. The van der Waals surface area contributed by atoms with Gasteiger partial charge in [0.1, 0.15) is 0 Å². The van der Waals surface area contributed by atoms with Crippen LogP contribution in [0.4, 0.5) is 0 Å². The molecule has 1 heterocycles. The van der Waals surface area contributed by atoms with Gasteiger partial charge in [-0.1, -0.05) is 12.1 Å². The number of nitrogens with zero attached hydrogens (tertiary/aromatic N) is 1. The fourth-order valence-corrected chi connectivity index (χ4v) is 2.13. The lowest BCUT2D eigenvalue weighted by Gasteiger charge is -2.32. The molecule has 0 aliphatic carbocycles. The van der Waals surface area contributed by atoms with Crippen LogP contribution in [0.3, 0.4) is 0 Å². The number of amides is 1. The Hall–Kier alpha value is -1.92. The van der Waals surface area contributed by atoms with E-state index in [4.69, 9.17) is 14.6 Å². The number of carbonyl (C=O) groups is 2. The molecular formula is C14H17NO5. The summed E-state index contributed by atoms with van der Waals surface area (Å²) in [5, 5.41) is 9.13. The third-order valence-corrected chi connectivity index (χ3v) is 3.19. The standard InChI is InChI=1S/C14H17NO5/c1-19-8-10-2-4-11(5-3-10)13(16)15-6-7-20-9-12(15)14(17)18/h2-5,12H,6-9H2,1H3,(H,17,18). The first-order chi connectivity index (χ1) is 9.63. The molecule has 0 saturated carbocycles. The zero-order chi connectivity index (χ0) is 14.5. The first-order valence-corrected chi connectivity index (χ1v) is 6.33. The number of benzene rings is 1. The Kier molecular flexibility index (Phi) is 4.70. The van der Waals surface area contributed by atoms with Crippen molar-refractivity contribution in [1.29, 1.82) is 0 Å². The molecule has 1 aliphatic rings. The zero-order valence-electron chi connectivity index (χ0n) is 11.2. The van der Waals surface area contributed by atoms with Gasteiger partial charge in [0, 0.05) is 19.2 Å². The van der Waals surface area contributed by atoms with Crippen molar-refractivity contribution in [2.45, 2.75) is 12.6 Å². The van der Waals surface area contributed by atoms with Gasteiger partial charge in [-0.3, -0.25) is 4.79 Å². The highest BCUT2D eigenvalue weighted by molar-refractivity contribution is 5.96. The van der Waals surface area contributed by atoms with E-state index in [0.29, 0.717) is 18.8 Å². The second-order valence-corrected chi connectivity index (χ2v) is 4.56. The Morgan fingerprint density at radius 3 is 2.70 bits per heavy atom. The van der Waals surface area contributed by atoms with Crippen molar-refractivity contribution >= 4 is 11.9 Å².